The van der Waals surface area contributed by atoms with Gasteiger partial charge in [0.05, 0.1) is 16.4 Å². The van der Waals surface area contributed by atoms with Gasteiger partial charge >= 0.3 is 0 Å². The van der Waals surface area contributed by atoms with Gasteiger partial charge in [0.2, 0.25) is 0 Å². The van der Waals surface area contributed by atoms with Crippen molar-refractivity contribution in [1.82, 2.24) is 14.9 Å². The van der Waals surface area contributed by atoms with Crippen molar-refractivity contribution >= 4 is 21.8 Å². The Morgan fingerprint density at radius 1 is 1.43 bits per heavy atom. The van der Waals surface area contributed by atoms with Crippen LogP contribution in [0.2, 0.25) is 0 Å². The molecule has 2 heterocycles. The highest BCUT2D eigenvalue weighted by Crippen LogP contribution is 2.57. The molecule has 3 atom stereocenters. The number of phenolic OH excluding ortho intramolecular Hbond substituents is 1. The van der Waals surface area contributed by atoms with Crippen LogP contribution in [0.15, 0.2) is 29.3 Å². The van der Waals surface area contributed by atoms with Gasteiger partial charge in [-0.05, 0) is 66.9 Å². The number of rotatable bonds is 5. The summed E-state index contributed by atoms with van der Waals surface area (Å²) in [5.41, 5.74) is 0.802. The van der Waals surface area contributed by atoms with Crippen LogP contribution in [0.5, 0.6) is 11.5 Å². The van der Waals surface area contributed by atoms with Crippen LogP contribution >= 0.6 is 15.9 Å². The van der Waals surface area contributed by atoms with Crippen molar-refractivity contribution in [2.45, 2.75) is 64.5 Å². The third kappa shape index (κ3) is 3.96. The third-order valence-electron chi connectivity index (χ3n) is 6.67. The first-order valence-corrected chi connectivity index (χ1v) is 11.6. The van der Waals surface area contributed by atoms with E-state index >= 15 is 0 Å². The number of hydrogen-bond donors (Lipinski definition) is 2. The number of aromatic nitrogens is 2. The molecule has 2 N–H and O–H groups in total. The van der Waals surface area contributed by atoms with Gasteiger partial charge in [-0.3, -0.25) is 4.79 Å². The number of benzene rings is 1. The van der Waals surface area contributed by atoms with Crippen LogP contribution in [0.1, 0.15) is 68.3 Å². The molecule has 6 nitrogen and oxygen atoms in total. The number of halogens is 1. The monoisotopic (exact) mass is 475 g/mol. The van der Waals surface area contributed by atoms with Gasteiger partial charge in [0.1, 0.15) is 17.1 Å². The summed E-state index contributed by atoms with van der Waals surface area (Å²) < 4.78 is 9.06. The number of fused-ring (bicyclic) bond motifs is 3. The minimum absolute atomic E-state index is 0.0694. The lowest BCUT2D eigenvalue weighted by atomic mass is 9.64. The minimum atomic E-state index is -0.302. The number of amides is 1. The number of hydrogen-bond acceptors (Lipinski definition) is 4. The predicted octanol–water partition coefficient (Wildman–Crippen LogP) is 4.86. The molecule has 0 saturated heterocycles. The third-order valence-corrected chi connectivity index (χ3v) is 7.26. The molecule has 0 radical (unpaired) electrons. The molecule has 2 aromatic rings. The number of carbonyl (C=O) groups excluding carboxylic acids is 1. The van der Waals surface area contributed by atoms with E-state index in [9.17, 15) is 9.90 Å². The van der Waals surface area contributed by atoms with Crippen molar-refractivity contribution in [3.63, 3.8) is 0 Å². The van der Waals surface area contributed by atoms with Crippen molar-refractivity contribution < 1.29 is 14.6 Å². The summed E-state index contributed by atoms with van der Waals surface area (Å²) in [6.45, 7) is 7.84. The fourth-order valence-corrected chi connectivity index (χ4v) is 5.63. The maximum atomic E-state index is 12.9. The Balaban J connectivity index is 1.57. The molecule has 2 aliphatic rings. The Labute approximate surface area is 186 Å². The average molecular weight is 476 g/mol. The lowest BCUT2D eigenvalue weighted by Crippen LogP contribution is -2.47. The number of imidazole rings is 1. The lowest BCUT2D eigenvalue weighted by molar-refractivity contribution is -0.0152. The molecule has 30 heavy (non-hydrogen) atoms. The van der Waals surface area contributed by atoms with Gasteiger partial charge in [-0.1, -0.05) is 13.3 Å². The van der Waals surface area contributed by atoms with Crippen molar-refractivity contribution in [3.8, 4) is 11.5 Å². The number of nitrogens with zero attached hydrogens (tertiary/aromatic N) is 2. The Hall–Kier alpha value is -2.02. The number of aryl methyl sites for hydroxylation is 1. The summed E-state index contributed by atoms with van der Waals surface area (Å²) in [5, 5.41) is 14.1. The lowest BCUT2D eigenvalue weighted by Gasteiger charge is -2.49. The first-order valence-electron chi connectivity index (χ1n) is 10.8. The molecule has 1 saturated carbocycles. The highest BCUT2D eigenvalue weighted by atomic mass is 79.9. The standard InChI is InChI=1S/C23H30BrN3O3/c1-14-5-6-17-15(11-14)19-20(28)16(12-18(24)21(19)30-23(17,2)3)22(29)26-7-4-9-27-10-8-25-13-27/h8,10,12-15,17,28H,4-7,9,11H2,1-3H3,(H,26,29)/t14-,15-,17-/m1/s1. The molecule has 0 unspecified atom stereocenters. The summed E-state index contributed by atoms with van der Waals surface area (Å²) in [6, 6.07) is 1.68. The highest BCUT2D eigenvalue weighted by molar-refractivity contribution is 9.10. The van der Waals surface area contributed by atoms with E-state index in [1.165, 1.54) is 6.42 Å². The van der Waals surface area contributed by atoms with E-state index in [4.69, 9.17) is 4.74 Å². The SMILES string of the molecule is C[C@@H]1CC[C@@H]2[C@@H](C1)c1c(O)c(C(=O)NCCCn3ccnc3)cc(Br)c1OC2(C)C. The second-order valence-electron chi connectivity index (χ2n) is 9.24. The fraction of sp³-hybridized carbons (Fsp3) is 0.565. The quantitative estimate of drug-likeness (QED) is 0.605. The molecule has 0 spiro atoms. The van der Waals surface area contributed by atoms with Gasteiger partial charge in [0, 0.05) is 37.0 Å². The number of ether oxygens (including phenoxy) is 1. The number of aromatic hydroxyl groups is 1. The van der Waals surface area contributed by atoms with Crippen LogP contribution in [0.25, 0.3) is 0 Å². The van der Waals surface area contributed by atoms with Gasteiger partial charge < -0.3 is 19.7 Å². The van der Waals surface area contributed by atoms with E-state index in [0.29, 0.717) is 29.7 Å². The van der Waals surface area contributed by atoms with Crippen molar-refractivity contribution in [2.75, 3.05) is 6.54 Å². The first kappa shape index (κ1) is 21.2. The van der Waals surface area contributed by atoms with Crippen LogP contribution < -0.4 is 10.1 Å². The Morgan fingerprint density at radius 3 is 2.97 bits per heavy atom. The van der Waals surface area contributed by atoms with Crippen LogP contribution in [-0.2, 0) is 6.54 Å². The number of carbonyl (C=O) groups is 1. The van der Waals surface area contributed by atoms with E-state index in [2.05, 4.69) is 47.0 Å². The van der Waals surface area contributed by atoms with Gasteiger partial charge in [0.15, 0.2) is 0 Å². The molecular weight excluding hydrogens is 446 g/mol. The molecule has 1 aromatic carbocycles. The molecule has 1 aliphatic heterocycles. The van der Waals surface area contributed by atoms with Gasteiger partial charge in [0.25, 0.3) is 5.91 Å². The van der Waals surface area contributed by atoms with E-state index in [0.717, 1.165) is 35.8 Å². The molecule has 1 fully saturated rings. The minimum Gasteiger partial charge on any atom is -0.507 e. The zero-order valence-electron chi connectivity index (χ0n) is 17.8. The molecule has 1 aromatic heterocycles. The molecular formula is C23H30BrN3O3. The summed E-state index contributed by atoms with van der Waals surface area (Å²) in [4.78, 5) is 16.9. The Morgan fingerprint density at radius 2 is 2.23 bits per heavy atom. The molecule has 1 aliphatic carbocycles. The topological polar surface area (TPSA) is 76.4 Å². The van der Waals surface area contributed by atoms with Crippen LogP contribution in [0, 0.1) is 11.8 Å². The van der Waals surface area contributed by atoms with Gasteiger partial charge in [-0.25, -0.2) is 4.98 Å². The molecule has 4 rings (SSSR count). The maximum absolute atomic E-state index is 12.9. The van der Waals surface area contributed by atoms with Gasteiger partial charge in [-0.15, -0.1) is 0 Å². The van der Waals surface area contributed by atoms with Crippen molar-refractivity contribution in [2.24, 2.45) is 11.8 Å². The second kappa shape index (κ2) is 8.25. The molecule has 0 bridgehead atoms. The maximum Gasteiger partial charge on any atom is 0.255 e. The van der Waals surface area contributed by atoms with Crippen LogP contribution in [-0.4, -0.2) is 32.7 Å². The molecule has 7 heteroatoms. The van der Waals surface area contributed by atoms with E-state index in [-0.39, 0.29) is 23.2 Å². The van der Waals surface area contributed by atoms with E-state index in [1.807, 2.05) is 10.8 Å². The number of nitrogens with one attached hydrogen (secondary N) is 1. The fourth-order valence-electron chi connectivity index (χ4n) is 5.11. The first-order chi connectivity index (χ1) is 14.3. The van der Waals surface area contributed by atoms with Crippen LogP contribution in [0.4, 0.5) is 0 Å². The van der Waals surface area contributed by atoms with Crippen molar-refractivity contribution in [3.05, 3.63) is 40.4 Å². The number of phenols is 1. The molecule has 1 amide bonds. The summed E-state index contributed by atoms with van der Waals surface area (Å²) in [5.74, 6) is 1.61. The van der Waals surface area contributed by atoms with Crippen molar-refractivity contribution in [1.29, 1.82) is 0 Å². The summed E-state index contributed by atoms with van der Waals surface area (Å²) in [7, 11) is 0. The average Bonchev–Trinajstić information content (AvgIpc) is 3.20. The Bertz CT molecular complexity index is 926. The zero-order chi connectivity index (χ0) is 21.5. The summed E-state index contributed by atoms with van der Waals surface area (Å²) in [6.07, 6.45) is 9.43. The van der Waals surface area contributed by atoms with Gasteiger partial charge in [-0.2, -0.15) is 0 Å². The van der Waals surface area contributed by atoms with E-state index < -0.39 is 0 Å². The van der Waals surface area contributed by atoms with Crippen LogP contribution in [0.3, 0.4) is 0 Å². The molecule has 162 valence electrons. The largest absolute Gasteiger partial charge is 0.507 e. The zero-order valence-corrected chi connectivity index (χ0v) is 19.4. The summed E-state index contributed by atoms with van der Waals surface area (Å²) >= 11 is 3.60. The normalized spacial score (nSPS) is 24.5. The predicted molar refractivity (Wildman–Crippen MR) is 119 cm³/mol. The highest BCUT2D eigenvalue weighted by Gasteiger charge is 2.48. The van der Waals surface area contributed by atoms with E-state index in [1.54, 1.807) is 18.6 Å². The second-order valence-corrected chi connectivity index (χ2v) is 10.1. The Kier molecular flexibility index (Phi) is 5.84. The smallest absolute Gasteiger partial charge is 0.255 e.